The molecular weight excluding hydrogens is 503 g/mol. The Morgan fingerprint density at radius 3 is 2.47 bits per heavy atom. The van der Waals surface area contributed by atoms with Gasteiger partial charge in [-0.1, -0.05) is 92.7 Å². The van der Waals surface area contributed by atoms with Crippen LogP contribution in [-0.4, -0.2) is 44.4 Å². The van der Waals surface area contributed by atoms with E-state index in [1.54, 1.807) is 6.08 Å². The predicted octanol–water partition coefficient (Wildman–Crippen LogP) is 6.06. The number of unbranched alkanes of at least 4 members (excludes halogenated alkanes) is 2. The monoisotopic (exact) mass is 538 g/mol. The Morgan fingerprint density at radius 2 is 1.88 bits per heavy atom. The van der Waals surface area contributed by atoms with Crippen molar-refractivity contribution < 1.29 is 29.3 Å². The van der Waals surface area contributed by atoms with Gasteiger partial charge in [0.05, 0.1) is 12.7 Å². The predicted molar refractivity (Wildman–Crippen MR) is 135 cm³/mol. The van der Waals surface area contributed by atoms with Gasteiger partial charge < -0.3 is 14.9 Å². The summed E-state index contributed by atoms with van der Waals surface area (Å²) >= 11 is 16.8. The Bertz CT molecular complexity index is 741. The summed E-state index contributed by atoms with van der Waals surface area (Å²) in [5.74, 6) is -2.67. The first kappa shape index (κ1) is 31.0. The third kappa shape index (κ3) is 10.7. The molecule has 0 bridgehead atoms. The van der Waals surface area contributed by atoms with Crippen molar-refractivity contribution in [1.82, 2.24) is 0 Å². The summed E-state index contributed by atoms with van der Waals surface area (Å²) < 4.78 is 2.98. The van der Waals surface area contributed by atoms with E-state index in [2.05, 4.69) is 6.92 Å². The second-order valence-corrected chi connectivity index (χ2v) is 11.9. The zero-order valence-electron chi connectivity index (χ0n) is 20.1. The fourth-order valence-corrected chi connectivity index (χ4v) is 4.27. The molecule has 0 amide bonds. The molecule has 1 rings (SSSR count). The lowest BCUT2D eigenvalue weighted by atomic mass is 9.80. The van der Waals surface area contributed by atoms with Gasteiger partial charge in [-0.15, -0.1) is 0 Å². The number of aliphatic carboxylic acids is 1. The zero-order chi connectivity index (χ0) is 25.9. The highest BCUT2D eigenvalue weighted by Gasteiger charge is 2.42. The molecule has 1 aliphatic rings. The average Bonchev–Trinajstić information content (AvgIpc) is 3.04. The summed E-state index contributed by atoms with van der Waals surface area (Å²) in [5.41, 5.74) is -0.313. The Kier molecular flexibility index (Phi) is 13.2. The number of ketones is 1. The second kappa shape index (κ2) is 14.5. The molecule has 4 atom stereocenters. The SMILES string of the molecule is CCCCC(C)(C)C(O)/C=C/[C@H]1[C@H](COC(=O)C(Cl)(Cl)Cl)CC(=O)[C@@H]1C/C=C\CCCC(=O)O. The lowest BCUT2D eigenvalue weighted by Gasteiger charge is -2.29. The van der Waals surface area contributed by atoms with Crippen LogP contribution in [0.15, 0.2) is 24.3 Å². The number of halogens is 3. The lowest BCUT2D eigenvalue weighted by molar-refractivity contribution is -0.144. The topological polar surface area (TPSA) is 101 Å². The van der Waals surface area contributed by atoms with E-state index in [0.717, 1.165) is 19.3 Å². The summed E-state index contributed by atoms with van der Waals surface area (Å²) in [6.07, 6.45) is 11.5. The molecule has 1 aliphatic carbocycles. The minimum Gasteiger partial charge on any atom is -0.481 e. The average molecular weight is 540 g/mol. The van der Waals surface area contributed by atoms with Crippen molar-refractivity contribution in [2.75, 3.05) is 6.61 Å². The van der Waals surface area contributed by atoms with Crippen LogP contribution in [0.1, 0.15) is 72.1 Å². The summed E-state index contributed by atoms with van der Waals surface area (Å²) in [4.78, 5) is 35.3. The molecule has 0 aromatic heterocycles. The number of Topliss-reactive ketones (excluding diaryl/α,β-unsaturated/α-hetero) is 1. The number of carbonyl (C=O) groups is 3. The van der Waals surface area contributed by atoms with Crippen molar-refractivity contribution >= 4 is 52.5 Å². The van der Waals surface area contributed by atoms with Crippen LogP contribution in [0.4, 0.5) is 0 Å². The highest BCUT2D eigenvalue weighted by molar-refractivity contribution is 6.75. The van der Waals surface area contributed by atoms with Gasteiger partial charge in [0.1, 0.15) is 5.78 Å². The number of esters is 1. The molecule has 0 aromatic rings. The van der Waals surface area contributed by atoms with Crippen LogP contribution in [0.25, 0.3) is 0 Å². The Balaban J connectivity index is 2.94. The van der Waals surface area contributed by atoms with Gasteiger partial charge in [0.15, 0.2) is 0 Å². The van der Waals surface area contributed by atoms with Crippen LogP contribution in [0.2, 0.25) is 0 Å². The number of alkyl halides is 3. The van der Waals surface area contributed by atoms with Crippen molar-refractivity contribution in [2.45, 2.75) is 82.0 Å². The fourth-order valence-electron chi connectivity index (χ4n) is 4.11. The third-order valence-electron chi connectivity index (χ3n) is 6.35. The van der Waals surface area contributed by atoms with E-state index < -0.39 is 21.8 Å². The number of hydrogen-bond acceptors (Lipinski definition) is 5. The van der Waals surface area contributed by atoms with Crippen LogP contribution in [0.5, 0.6) is 0 Å². The number of aliphatic hydroxyl groups is 1. The summed E-state index contributed by atoms with van der Waals surface area (Å²) in [5, 5.41) is 19.5. The number of ether oxygens (including phenoxy) is 1. The van der Waals surface area contributed by atoms with Crippen LogP contribution in [-0.2, 0) is 19.1 Å². The minimum absolute atomic E-state index is 0.0412. The number of hydrogen-bond donors (Lipinski definition) is 2. The van der Waals surface area contributed by atoms with Crippen LogP contribution in [0.3, 0.4) is 0 Å². The minimum atomic E-state index is -2.19. The van der Waals surface area contributed by atoms with Crippen LogP contribution in [0, 0.1) is 23.2 Å². The van der Waals surface area contributed by atoms with Crippen molar-refractivity contribution in [3.63, 3.8) is 0 Å². The molecule has 0 spiro atoms. The van der Waals surface area contributed by atoms with E-state index in [4.69, 9.17) is 44.6 Å². The first-order chi connectivity index (χ1) is 15.8. The van der Waals surface area contributed by atoms with Gasteiger partial charge >= 0.3 is 11.9 Å². The maximum absolute atomic E-state index is 12.8. The van der Waals surface area contributed by atoms with Crippen molar-refractivity contribution in [3.05, 3.63) is 24.3 Å². The molecule has 2 N–H and O–H groups in total. The normalized spacial score (nSPS) is 22.6. The largest absolute Gasteiger partial charge is 0.481 e. The molecule has 1 saturated carbocycles. The van der Waals surface area contributed by atoms with Crippen molar-refractivity contribution in [2.24, 2.45) is 23.2 Å². The van der Waals surface area contributed by atoms with Gasteiger partial charge in [-0.25, -0.2) is 4.79 Å². The van der Waals surface area contributed by atoms with Gasteiger partial charge in [-0.3, -0.25) is 9.59 Å². The molecule has 9 heteroatoms. The standard InChI is InChI=1S/C25H37Cl3O6/c1-4-5-14-24(2,3)21(30)13-12-18-17(16-34-23(33)25(26,27)28)15-20(29)19(18)10-8-6-7-9-11-22(31)32/h6,8,12-13,17-19,21,30H,4-5,7,9-11,14-16H2,1-3H3,(H,31,32)/b8-6-,13-12+/t17-,18-,19+,21?/m0/s1. The molecule has 194 valence electrons. The number of rotatable bonds is 14. The second-order valence-electron chi connectivity index (χ2n) is 9.63. The fraction of sp³-hybridized carbons (Fsp3) is 0.720. The zero-order valence-corrected chi connectivity index (χ0v) is 22.4. The molecular formula is C25H37Cl3O6. The van der Waals surface area contributed by atoms with Crippen molar-refractivity contribution in [1.29, 1.82) is 0 Å². The number of carboxylic acid groups (broad SMARTS) is 1. The number of aliphatic hydroxyl groups excluding tert-OH is 1. The number of allylic oxidation sites excluding steroid dienone is 3. The molecule has 1 unspecified atom stereocenters. The van der Waals surface area contributed by atoms with E-state index in [1.165, 1.54) is 0 Å². The number of carboxylic acids is 1. The molecule has 0 radical (unpaired) electrons. The highest BCUT2D eigenvalue weighted by atomic mass is 35.6. The van der Waals surface area contributed by atoms with Gasteiger partial charge in [0.2, 0.25) is 0 Å². The molecule has 0 aromatic carbocycles. The number of carbonyl (C=O) groups excluding carboxylic acids is 2. The van der Waals surface area contributed by atoms with Gasteiger partial charge in [0, 0.05) is 24.7 Å². The van der Waals surface area contributed by atoms with Gasteiger partial charge in [-0.05, 0) is 37.0 Å². The van der Waals surface area contributed by atoms with Gasteiger partial charge in [-0.2, -0.15) is 0 Å². The molecule has 0 heterocycles. The third-order valence-corrected chi connectivity index (χ3v) is 6.82. The van der Waals surface area contributed by atoms with E-state index >= 15 is 0 Å². The molecule has 6 nitrogen and oxygen atoms in total. The molecule has 0 aliphatic heterocycles. The lowest BCUT2D eigenvalue weighted by Crippen LogP contribution is -2.29. The Labute approximate surface area is 217 Å². The first-order valence-corrected chi connectivity index (χ1v) is 12.9. The highest BCUT2D eigenvalue weighted by Crippen LogP contribution is 2.39. The van der Waals surface area contributed by atoms with Gasteiger partial charge in [0.25, 0.3) is 3.79 Å². The quantitative estimate of drug-likeness (QED) is 0.120. The van der Waals surface area contributed by atoms with E-state index in [-0.39, 0.29) is 48.4 Å². The van der Waals surface area contributed by atoms with E-state index in [0.29, 0.717) is 19.3 Å². The first-order valence-electron chi connectivity index (χ1n) is 11.8. The Hall–Kier alpha value is -1.08. The molecule has 1 fully saturated rings. The van der Waals surface area contributed by atoms with Crippen LogP contribution < -0.4 is 0 Å². The smallest absolute Gasteiger partial charge is 0.358 e. The molecule has 0 saturated heterocycles. The Morgan fingerprint density at radius 1 is 1.21 bits per heavy atom. The maximum atomic E-state index is 12.8. The van der Waals surface area contributed by atoms with Crippen LogP contribution >= 0.6 is 34.8 Å². The maximum Gasteiger partial charge on any atom is 0.358 e. The molecule has 34 heavy (non-hydrogen) atoms. The summed E-state index contributed by atoms with van der Waals surface area (Å²) in [6.45, 7) is 6.05. The van der Waals surface area contributed by atoms with E-state index in [1.807, 2.05) is 32.1 Å². The van der Waals surface area contributed by atoms with E-state index in [9.17, 15) is 19.5 Å². The van der Waals surface area contributed by atoms with Crippen molar-refractivity contribution in [3.8, 4) is 0 Å². The summed E-state index contributed by atoms with van der Waals surface area (Å²) in [7, 11) is 0. The summed E-state index contributed by atoms with van der Waals surface area (Å²) in [6, 6.07) is 0.